The molecule has 0 saturated carbocycles. The Morgan fingerprint density at radius 2 is 2.26 bits per heavy atom. The lowest BCUT2D eigenvalue weighted by Gasteiger charge is -2.16. The van der Waals surface area contributed by atoms with Crippen molar-refractivity contribution in [3.63, 3.8) is 0 Å². The summed E-state index contributed by atoms with van der Waals surface area (Å²) >= 11 is 0. The number of rotatable bonds is 5. The van der Waals surface area contributed by atoms with Crippen molar-refractivity contribution in [3.05, 3.63) is 29.3 Å². The number of nitrogens with zero attached hydrogens (tertiary/aromatic N) is 1. The van der Waals surface area contributed by atoms with Gasteiger partial charge in [0.2, 0.25) is 0 Å². The molecule has 1 unspecified atom stereocenters. The van der Waals surface area contributed by atoms with E-state index in [-0.39, 0.29) is 5.41 Å². The molecule has 102 valence electrons. The number of nitriles is 1. The summed E-state index contributed by atoms with van der Waals surface area (Å²) in [6.45, 7) is 4.47. The number of fused-ring (bicyclic) bond motifs is 1. The zero-order valence-corrected chi connectivity index (χ0v) is 12.0. The van der Waals surface area contributed by atoms with Gasteiger partial charge in [-0.05, 0) is 63.4 Å². The smallest absolute Gasteiger partial charge is 0.119 e. The molecule has 0 bridgehead atoms. The minimum atomic E-state index is -0.312. The van der Waals surface area contributed by atoms with E-state index in [4.69, 9.17) is 10.00 Å². The molecule has 0 radical (unpaired) electrons. The van der Waals surface area contributed by atoms with E-state index in [2.05, 4.69) is 23.5 Å². The van der Waals surface area contributed by atoms with Crippen molar-refractivity contribution < 1.29 is 4.74 Å². The summed E-state index contributed by atoms with van der Waals surface area (Å²) in [6, 6.07) is 9.12. The Labute approximate surface area is 115 Å². The molecule has 1 aromatic carbocycles. The van der Waals surface area contributed by atoms with Crippen molar-refractivity contribution in [2.24, 2.45) is 5.41 Å². The first-order valence-corrected chi connectivity index (χ1v) is 6.90. The molecule has 0 amide bonds. The summed E-state index contributed by atoms with van der Waals surface area (Å²) < 4.78 is 5.77. The summed E-state index contributed by atoms with van der Waals surface area (Å²) in [6.07, 6.45) is 3.03. The second kappa shape index (κ2) is 5.63. The van der Waals surface area contributed by atoms with Gasteiger partial charge in [-0.15, -0.1) is 0 Å². The first-order valence-electron chi connectivity index (χ1n) is 6.90. The molecular weight excluding hydrogens is 236 g/mol. The molecule has 1 N–H and O–H groups in total. The highest BCUT2D eigenvalue weighted by molar-refractivity contribution is 5.40. The molecule has 0 aromatic heterocycles. The van der Waals surface area contributed by atoms with Gasteiger partial charge < -0.3 is 10.1 Å². The van der Waals surface area contributed by atoms with Crippen molar-refractivity contribution in [1.82, 2.24) is 5.32 Å². The minimum Gasteiger partial charge on any atom is -0.494 e. The normalized spacial score (nSPS) is 17.9. The molecule has 1 atom stereocenters. The molecule has 0 spiro atoms. The van der Waals surface area contributed by atoms with E-state index in [0.717, 1.165) is 25.0 Å². The largest absolute Gasteiger partial charge is 0.494 e. The van der Waals surface area contributed by atoms with Crippen LogP contribution in [0.25, 0.3) is 0 Å². The summed E-state index contributed by atoms with van der Waals surface area (Å²) in [5.74, 6) is 0.921. The van der Waals surface area contributed by atoms with Crippen molar-refractivity contribution in [3.8, 4) is 11.8 Å². The number of ether oxygens (including phenoxy) is 1. The third-order valence-corrected chi connectivity index (χ3v) is 3.84. The van der Waals surface area contributed by atoms with Gasteiger partial charge in [0, 0.05) is 6.04 Å². The van der Waals surface area contributed by atoms with Crippen molar-refractivity contribution >= 4 is 0 Å². The maximum absolute atomic E-state index is 8.96. The van der Waals surface area contributed by atoms with Gasteiger partial charge in [0.25, 0.3) is 0 Å². The summed E-state index contributed by atoms with van der Waals surface area (Å²) in [4.78, 5) is 0. The Bertz CT molecular complexity index is 488. The van der Waals surface area contributed by atoms with Gasteiger partial charge in [-0.3, -0.25) is 0 Å². The molecular formula is C16H22N2O. The second-order valence-corrected chi connectivity index (χ2v) is 5.83. The van der Waals surface area contributed by atoms with Crippen molar-refractivity contribution in [1.29, 1.82) is 5.26 Å². The van der Waals surface area contributed by atoms with Crippen LogP contribution in [0.1, 0.15) is 43.9 Å². The monoisotopic (exact) mass is 258 g/mol. The molecule has 1 aliphatic carbocycles. The standard InChI is InChI=1S/C16H22N2O/c1-16(2,11-17)8-9-19-13-5-6-14-12(10-13)4-7-15(14)18-3/h5-6,10,15,18H,4,7-9H2,1-3H3. The third-order valence-electron chi connectivity index (χ3n) is 3.84. The van der Waals surface area contributed by atoms with Crippen LogP contribution >= 0.6 is 0 Å². The van der Waals surface area contributed by atoms with E-state index < -0.39 is 0 Å². The van der Waals surface area contributed by atoms with E-state index in [1.807, 2.05) is 27.0 Å². The topological polar surface area (TPSA) is 45.0 Å². The summed E-state index contributed by atoms with van der Waals surface area (Å²) in [5, 5.41) is 12.3. The van der Waals surface area contributed by atoms with Crippen LogP contribution in [0, 0.1) is 16.7 Å². The highest BCUT2D eigenvalue weighted by atomic mass is 16.5. The van der Waals surface area contributed by atoms with Gasteiger partial charge in [-0.25, -0.2) is 0 Å². The van der Waals surface area contributed by atoms with Gasteiger partial charge in [0.1, 0.15) is 5.75 Å². The van der Waals surface area contributed by atoms with E-state index in [1.54, 1.807) is 0 Å². The highest BCUT2D eigenvalue weighted by Crippen LogP contribution is 2.33. The van der Waals surface area contributed by atoms with Crippen LogP contribution in [0.2, 0.25) is 0 Å². The summed E-state index contributed by atoms with van der Waals surface area (Å²) in [5.41, 5.74) is 2.47. The number of hydrogen-bond donors (Lipinski definition) is 1. The number of nitrogens with one attached hydrogen (secondary N) is 1. The Morgan fingerprint density at radius 3 is 2.95 bits per heavy atom. The fourth-order valence-electron chi connectivity index (χ4n) is 2.46. The molecule has 1 aromatic rings. The quantitative estimate of drug-likeness (QED) is 0.882. The zero-order valence-electron chi connectivity index (χ0n) is 12.0. The SMILES string of the molecule is CNC1CCc2cc(OCCC(C)(C)C#N)ccc21. The lowest BCUT2D eigenvalue weighted by Crippen LogP contribution is -2.13. The van der Waals surface area contributed by atoms with Gasteiger partial charge in [0.15, 0.2) is 0 Å². The molecule has 0 aliphatic heterocycles. The molecule has 3 nitrogen and oxygen atoms in total. The second-order valence-electron chi connectivity index (χ2n) is 5.83. The predicted octanol–water partition coefficient (Wildman–Crippen LogP) is 3.21. The van der Waals surface area contributed by atoms with E-state index in [9.17, 15) is 0 Å². The first kappa shape index (κ1) is 13.9. The van der Waals surface area contributed by atoms with Crippen molar-refractivity contribution in [2.45, 2.75) is 39.2 Å². The van der Waals surface area contributed by atoms with Gasteiger partial charge in [-0.2, -0.15) is 5.26 Å². The summed E-state index contributed by atoms with van der Waals surface area (Å²) in [7, 11) is 2.01. The third kappa shape index (κ3) is 3.27. The predicted molar refractivity (Wildman–Crippen MR) is 76.1 cm³/mol. The van der Waals surface area contributed by atoms with Gasteiger partial charge in [-0.1, -0.05) is 6.07 Å². The number of benzene rings is 1. The molecule has 19 heavy (non-hydrogen) atoms. The van der Waals surface area contributed by atoms with Crippen molar-refractivity contribution in [2.75, 3.05) is 13.7 Å². The molecule has 3 heteroatoms. The molecule has 2 rings (SSSR count). The fourth-order valence-corrected chi connectivity index (χ4v) is 2.46. The zero-order chi connectivity index (χ0) is 13.9. The van der Waals surface area contributed by atoms with Crippen LogP contribution in [0.4, 0.5) is 0 Å². The molecule has 0 fully saturated rings. The highest BCUT2D eigenvalue weighted by Gasteiger charge is 2.21. The fraction of sp³-hybridized carbons (Fsp3) is 0.562. The average Bonchev–Trinajstić information content (AvgIpc) is 2.81. The Hall–Kier alpha value is -1.53. The first-order chi connectivity index (χ1) is 9.05. The van der Waals surface area contributed by atoms with Gasteiger partial charge >= 0.3 is 0 Å². The maximum Gasteiger partial charge on any atom is 0.119 e. The number of aryl methyl sites for hydroxylation is 1. The van der Waals surface area contributed by atoms with Crippen LogP contribution in [0.3, 0.4) is 0 Å². The average molecular weight is 258 g/mol. The Kier molecular flexibility index (Phi) is 4.11. The van der Waals surface area contributed by atoms with Gasteiger partial charge in [0.05, 0.1) is 18.1 Å². The maximum atomic E-state index is 8.96. The van der Waals surface area contributed by atoms with E-state index in [0.29, 0.717) is 12.6 Å². The molecule has 0 saturated heterocycles. The van der Waals surface area contributed by atoms with Crippen LogP contribution in [0.5, 0.6) is 5.75 Å². The van der Waals surface area contributed by atoms with Crippen LogP contribution in [-0.2, 0) is 6.42 Å². The van der Waals surface area contributed by atoms with E-state index in [1.165, 1.54) is 11.1 Å². The lowest BCUT2D eigenvalue weighted by molar-refractivity contribution is 0.264. The molecule has 1 aliphatic rings. The van der Waals surface area contributed by atoms with E-state index >= 15 is 0 Å². The Balaban J connectivity index is 1.95. The Morgan fingerprint density at radius 1 is 1.47 bits per heavy atom. The van der Waals surface area contributed by atoms with Crippen LogP contribution < -0.4 is 10.1 Å². The number of hydrogen-bond acceptors (Lipinski definition) is 3. The molecule has 0 heterocycles. The minimum absolute atomic E-state index is 0.312. The van der Waals surface area contributed by atoms with Crippen LogP contribution in [0.15, 0.2) is 18.2 Å². The lowest BCUT2D eigenvalue weighted by atomic mass is 9.92. The van der Waals surface area contributed by atoms with Crippen LogP contribution in [-0.4, -0.2) is 13.7 Å².